The third-order valence-electron chi connectivity index (χ3n) is 1.85. The normalized spacial score (nSPS) is 11.3. The maximum atomic E-state index is 11.8. The van der Waals surface area contributed by atoms with Gasteiger partial charge in [0, 0.05) is 11.3 Å². The van der Waals surface area contributed by atoms with Gasteiger partial charge in [0.2, 0.25) is 0 Å². The van der Waals surface area contributed by atoms with Gasteiger partial charge in [0.25, 0.3) is 0 Å². The Hall–Kier alpha value is -1.08. The molecular weight excluding hydrogens is 289 g/mol. The Labute approximate surface area is 111 Å². The molecule has 1 aromatic rings. The van der Waals surface area contributed by atoms with Gasteiger partial charge < -0.3 is 10.5 Å². The predicted molar refractivity (Wildman–Crippen MR) is 66.5 cm³/mol. The van der Waals surface area contributed by atoms with E-state index in [4.69, 9.17) is 27.5 Å². The molecule has 0 saturated carbocycles. The summed E-state index contributed by atoms with van der Waals surface area (Å²) in [7, 11) is 0. The minimum absolute atomic E-state index is 0.108. The molecule has 1 aromatic carbocycles. The van der Waals surface area contributed by atoms with Gasteiger partial charge in [-0.2, -0.15) is 13.2 Å². The Morgan fingerprint density at radius 3 is 2.61 bits per heavy atom. The molecule has 18 heavy (non-hydrogen) atoms. The monoisotopic (exact) mass is 298 g/mol. The number of nitrogens with one attached hydrogen (secondary N) is 1. The van der Waals surface area contributed by atoms with Crippen LogP contribution >= 0.6 is 23.4 Å². The number of hydrogen-bond acceptors (Lipinski definition) is 3. The molecule has 0 unspecified atom stereocenters. The highest BCUT2D eigenvalue weighted by atomic mass is 35.5. The maximum absolute atomic E-state index is 11.8. The topological polar surface area (TPSA) is 59.1 Å². The first-order valence-corrected chi connectivity index (χ1v) is 6.13. The van der Waals surface area contributed by atoms with Gasteiger partial charge in [-0.1, -0.05) is 11.6 Å². The van der Waals surface area contributed by atoms with E-state index < -0.39 is 5.51 Å². The fraction of sp³-hybridized carbons (Fsp3) is 0.300. The second-order valence-corrected chi connectivity index (χ2v) is 4.77. The van der Waals surface area contributed by atoms with E-state index >= 15 is 0 Å². The second kappa shape index (κ2) is 6.19. The van der Waals surface area contributed by atoms with Gasteiger partial charge in [0.05, 0.1) is 11.6 Å². The Bertz CT molecular complexity index is 440. The summed E-state index contributed by atoms with van der Waals surface area (Å²) in [6.45, 7) is -0.108. The number of nitrogens with two attached hydrogens (primary N) is 1. The van der Waals surface area contributed by atoms with Crippen molar-refractivity contribution in [3.8, 4) is 5.75 Å². The van der Waals surface area contributed by atoms with Gasteiger partial charge in [-0.3, -0.25) is 5.41 Å². The Morgan fingerprint density at radius 2 is 2.11 bits per heavy atom. The van der Waals surface area contributed by atoms with Gasteiger partial charge in [0.1, 0.15) is 11.6 Å². The second-order valence-electron chi connectivity index (χ2n) is 3.20. The number of rotatable bonds is 5. The molecule has 0 fully saturated rings. The fourth-order valence-electron chi connectivity index (χ4n) is 1.09. The summed E-state index contributed by atoms with van der Waals surface area (Å²) < 4.78 is 40.6. The summed E-state index contributed by atoms with van der Waals surface area (Å²) in [6, 6.07) is 4.41. The van der Waals surface area contributed by atoms with Crippen molar-refractivity contribution in [3.63, 3.8) is 0 Å². The van der Waals surface area contributed by atoms with Crippen LogP contribution in [0.1, 0.15) is 5.56 Å². The Morgan fingerprint density at radius 1 is 1.44 bits per heavy atom. The highest BCUT2D eigenvalue weighted by Crippen LogP contribution is 2.30. The van der Waals surface area contributed by atoms with E-state index in [1.807, 2.05) is 0 Å². The standard InChI is InChI=1S/C10H10ClF3N2OS/c11-7-5-6(9(15)16)1-2-8(7)17-3-4-18-10(12,13)14/h1-2,5H,3-4H2,(H3,15,16). The predicted octanol–water partition coefficient (Wildman–Crippen LogP) is 3.26. The molecule has 8 heteroatoms. The molecular formula is C10H10ClF3N2OS. The molecule has 0 heterocycles. The van der Waals surface area contributed by atoms with E-state index in [1.165, 1.54) is 18.2 Å². The summed E-state index contributed by atoms with van der Waals surface area (Å²) in [5.41, 5.74) is 1.43. The Kier molecular flexibility index (Phi) is 5.15. The number of hydrogen-bond donors (Lipinski definition) is 2. The number of alkyl halides is 3. The average molecular weight is 299 g/mol. The van der Waals surface area contributed by atoms with Crippen molar-refractivity contribution in [2.45, 2.75) is 5.51 Å². The van der Waals surface area contributed by atoms with Gasteiger partial charge >= 0.3 is 5.51 Å². The van der Waals surface area contributed by atoms with Crippen LogP contribution in [0.25, 0.3) is 0 Å². The molecule has 0 atom stereocenters. The van der Waals surface area contributed by atoms with Crippen molar-refractivity contribution >= 4 is 29.2 Å². The lowest BCUT2D eigenvalue weighted by Crippen LogP contribution is -2.11. The highest BCUT2D eigenvalue weighted by molar-refractivity contribution is 8.00. The molecule has 0 aliphatic heterocycles. The van der Waals surface area contributed by atoms with E-state index in [-0.39, 0.29) is 40.7 Å². The van der Waals surface area contributed by atoms with E-state index in [1.54, 1.807) is 0 Å². The van der Waals surface area contributed by atoms with Crippen LogP contribution in [-0.2, 0) is 0 Å². The molecule has 0 radical (unpaired) electrons. The zero-order chi connectivity index (χ0) is 13.8. The molecule has 0 aromatic heterocycles. The van der Waals surface area contributed by atoms with Gasteiger partial charge in [-0.25, -0.2) is 0 Å². The largest absolute Gasteiger partial charge is 0.491 e. The maximum Gasteiger partial charge on any atom is 0.441 e. The summed E-state index contributed by atoms with van der Waals surface area (Å²) in [5, 5.41) is 7.40. The summed E-state index contributed by atoms with van der Waals surface area (Å²) in [5.74, 6) is -0.0885. The first kappa shape index (κ1) is 15.0. The quantitative estimate of drug-likeness (QED) is 0.498. The minimum Gasteiger partial charge on any atom is -0.491 e. The van der Waals surface area contributed by atoms with Crippen molar-refractivity contribution in [3.05, 3.63) is 28.8 Å². The zero-order valence-electron chi connectivity index (χ0n) is 9.05. The third-order valence-corrected chi connectivity index (χ3v) is 2.84. The molecule has 0 spiro atoms. The fourth-order valence-corrected chi connectivity index (χ4v) is 1.73. The number of thioether (sulfide) groups is 1. The van der Waals surface area contributed by atoms with Crippen LogP contribution in [0.3, 0.4) is 0 Å². The van der Waals surface area contributed by atoms with Crippen LogP contribution in [0.4, 0.5) is 13.2 Å². The Balaban J connectivity index is 2.51. The molecule has 3 N–H and O–H groups in total. The van der Waals surface area contributed by atoms with Crippen molar-refractivity contribution in [1.82, 2.24) is 0 Å². The summed E-state index contributed by atoms with van der Waals surface area (Å²) in [4.78, 5) is 0. The molecule has 1 rings (SSSR count). The van der Waals surface area contributed by atoms with Crippen LogP contribution in [0.15, 0.2) is 18.2 Å². The minimum atomic E-state index is -4.26. The number of ether oxygens (including phenoxy) is 1. The first-order valence-electron chi connectivity index (χ1n) is 4.77. The van der Waals surface area contributed by atoms with Crippen LogP contribution in [-0.4, -0.2) is 23.7 Å². The number of amidine groups is 1. The zero-order valence-corrected chi connectivity index (χ0v) is 10.6. The van der Waals surface area contributed by atoms with E-state index in [9.17, 15) is 13.2 Å². The van der Waals surface area contributed by atoms with Crippen LogP contribution in [0.5, 0.6) is 5.75 Å². The molecule has 100 valence electrons. The SMILES string of the molecule is N=C(N)c1ccc(OCCSC(F)(F)F)c(Cl)c1. The molecule has 3 nitrogen and oxygen atoms in total. The van der Waals surface area contributed by atoms with Gasteiger partial charge in [-0.15, -0.1) is 0 Å². The van der Waals surface area contributed by atoms with Crippen LogP contribution in [0, 0.1) is 5.41 Å². The number of nitrogen functional groups attached to an aromatic ring is 1. The summed E-state index contributed by atoms with van der Waals surface area (Å²) >= 11 is 5.68. The lowest BCUT2D eigenvalue weighted by Gasteiger charge is -2.10. The average Bonchev–Trinajstić information content (AvgIpc) is 2.24. The molecule has 0 amide bonds. The van der Waals surface area contributed by atoms with E-state index in [0.717, 1.165) is 0 Å². The van der Waals surface area contributed by atoms with Crippen LogP contribution < -0.4 is 10.5 Å². The number of benzene rings is 1. The van der Waals surface area contributed by atoms with E-state index in [2.05, 4.69) is 0 Å². The molecule has 0 saturated heterocycles. The molecule has 0 aliphatic rings. The van der Waals surface area contributed by atoms with Crippen molar-refractivity contribution in [2.75, 3.05) is 12.4 Å². The molecule has 0 bridgehead atoms. The number of halogens is 4. The lowest BCUT2D eigenvalue weighted by atomic mass is 10.2. The smallest absolute Gasteiger partial charge is 0.441 e. The third kappa shape index (κ3) is 5.05. The lowest BCUT2D eigenvalue weighted by molar-refractivity contribution is -0.0329. The molecule has 0 aliphatic carbocycles. The van der Waals surface area contributed by atoms with Crippen molar-refractivity contribution in [2.24, 2.45) is 5.73 Å². The van der Waals surface area contributed by atoms with Crippen molar-refractivity contribution < 1.29 is 17.9 Å². The van der Waals surface area contributed by atoms with Gasteiger partial charge in [0.15, 0.2) is 0 Å². The van der Waals surface area contributed by atoms with Crippen LogP contribution in [0.2, 0.25) is 5.02 Å². The first-order chi connectivity index (χ1) is 8.29. The van der Waals surface area contributed by atoms with Crippen molar-refractivity contribution in [1.29, 1.82) is 5.41 Å². The highest BCUT2D eigenvalue weighted by Gasteiger charge is 2.27. The summed E-state index contributed by atoms with van der Waals surface area (Å²) in [6.07, 6.45) is 0. The van der Waals surface area contributed by atoms with Gasteiger partial charge in [-0.05, 0) is 30.0 Å². The van der Waals surface area contributed by atoms with E-state index in [0.29, 0.717) is 5.56 Å².